The Morgan fingerprint density at radius 3 is 2.56 bits per heavy atom. The normalized spacial score (nSPS) is 24.6. The summed E-state index contributed by atoms with van der Waals surface area (Å²) in [7, 11) is 0. The van der Waals surface area contributed by atoms with E-state index in [2.05, 4.69) is 10.6 Å². The van der Waals surface area contributed by atoms with Gasteiger partial charge in [-0.3, -0.25) is 4.79 Å². The third-order valence-corrected chi connectivity index (χ3v) is 4.21. The Morgan fingerprint density at radius 2 is 1.89 bits per heavy atom. The minimum atomic E-state index is 0. The molecule has 1 saturated carbocycles. The number of carbonyl (C=O) groups excluding carboxylic acids is 1. The van der Waals surface area contributed by atoms with Crippen LogP contribution < -0.4 is 10.6 Å². The van der Waals surface area contributed by atoms with E-state index in [9.17, 15) is 4.79 Å². The van der Waals surface area contributed by atoms with Gasteiger partial charge in [-0.1, -0.05) is 32.1 Å². The van der Waals surface area contributed by atoms with Crippen LogP contribution in [0.4, 0.5) is 0 Å². The van der Waals surface area contributed by atoms with Crippen LogP contribution in [0.25, 0.3) is 0 Å². The van der Waals surface area contributed by atoms with Crippen LogP contribution in [-0.4, -0.2) is 25.0 Å². The summed E-state index contributed by atoms with van der Waals surface area (Å²) in [5.41, 5.74) is 0. The number of nitrogens with one attached hydrogen (secondary N) is 2. The van der Waals surface area contributed by atoms with E-state index in [1.165, 1.54) is 44.9 Å². The number of carbonyl (C=O) groups is 1. The van der Waals surface area contributed by atoms with Crippen LogP contribution in [0.1, 0.15) is 57.8 Å². The standard InChI is InChI=1S/C14H26N2O.ClH/c17-14(16-11-13-7-4-10-15-13)9-8-12-5-2-1-3-6-12;/h12-13,15H,1-11H2,(H,16,17);1H. The van der Waals surface area contributed by atoms with Crippen molar-refractivity contribution >= 4 is 18.3 Å². The molecule has 1 heterocycles. The molecule has 1 aliphatic carbocycles. The summed E-state index contributed by atoms with van der Waals surface area (Å²) in [5.74, 6) is 1.07. The Hall–Kier alpha value is -0.280. The Kier molecular flexibility index (Phi) is 7.68. The van der Waals surface area contributed by atoms with E-state index in [0.29, 0.717) is 6.04 Å². The van der Waals surface area contributed by atoms with Crippen molar-refractivity contribution in [1.29, 1.82) is 0 Å². The molecule has 2 N–H and O–H groups in total. The summed E-state index contributed by atoms with van der Waals surface area (Å²) in [6.45, 7) is 1.94. The molecule has 0 aromatic carbocycles. The molecule has 106 valence electrons. The SMILES string of the molecule is Cl.O=C(CCC1CCCCC1)NCC1CCCN1. The highest BCUT2D eigenvalue weighted by Crippen LogP contribution is 2.27. The third kappa shape index (κ3) is 5.57. The lowest BCUT2D eigenvalue weighted by atomic mass is 9.86. The quantitative estimate of drug-likeness (QED) is 0.809. The summed E-state index contributed by atoms with van der Waals surface area (Å²) in [6, 6.07) is 0.522. The van der Waals surface area contributed by atoms with Crippen LogP contribution in [-0.2, 0) is 4.79 Å². The minimum Gasteiger partial charge on any atom is -0.355 e. The minimum absolute atomic E-state index is 0. The van der Waals surface area contributed by atoms with Crippen LogP contribution in [0, 0.1) is 5.92 Å². The molecule has 1 atom stereocenters. The smallest absolute Gasteiger partial charge is 0.220 e. The fourth-order valence-electron chi connectivity index (χ4n) is 3.07. The van der Waals surface area contributed by atoms with Gasteiger partial charge in [0.15, 0.2) is 0 Å². The van der Waals surface area contributed by atoms with E-state index in [4.69, 9.17) is 0 Å². The molecule has 18 heavy (non-hydrogen) atoms. The molecule has 0 bridgehead atoms. The van der Waals surface area contributed by atoms with Gasteiger partial charge in [0, 0.05) is 19.0 Å². The zero-order chi connectivity index (χ0) is 11.9. The lowest BCUT2D eigenvalue weighted by Gasteiger charge is -2.21. The fraction of sp³-hybridized carbons (Fsp3) is 0.929. The summed E-state index contributed by atoms with van der Waals surface area (Å²) >= 11 is 0. The molecule has 2 fully saturated rings. The summed E-state index contributed by atoms with van der Waals surface area (Å²) in [4.78, 5) is 11.7. The van der Waals surface area contributed by atoms with Crippen molar-refractivity contribution in [2.45, 2.75) is 63.8 Å². The molecule has 1 unspecified atom stereocenters. The second-order valence-corrected chi connectivity index (χ2v) is 5.64. The molecule has 0 aromatic heterocycles. The van der Waals surface area contributed by atoms with Crippen LogP contribution in [0.3, 0.4) is 0 Å². The highest BCUT2D eigenvalue weighted by Gasteiger charge is 2.17. The highest BCUT2D eigenvalue weighted by atomic mass is 35.5. The largest absolute Gasteiger partial charge is 0.355 e. The number of hydrogen-bond acceptors (Lipinski definition) is 2. The van der Waals surface area contributed by atoms with Crippen LogP contribution in [0.15, 0.2) is 0 Å². The molecule has 3 nitrogen and oxygen atoms in total. The average molecular weight is 275 g/mol. The first-order chi connectivity index (χ1) is 8.34. The Morgan fingerprint density at radius 1 is 1.11 bits per heavy atom. The van der Waals surface area contributed by atoms with Gasteiger partial charge < -0.3 is 10.6 Å². The van der Waals surface area contributed by atoms with Gasteiger partial charge in [0.1, 0.15) is 0 Å². The average Bonchev–Trinajstić information content (AvgIpc) is 2.88. The first kappa shape index (κ1) is 15.8. The van der Waals surface area contributed by atoms with Gasteiger partial charge in [0.25, 0.3) is 0 Å². The molecular formula is C14H27ClN2O. The van der Waals surface area contributed by atoms with E-state index < -0.39 is 0 Å². The second kappa shape index (κ2) is 8.76. The molecule has 2 aliphatic rings. The second-order valence-electron chi connectivity index (χ2n) is 5.64. The maximum atomic E-state index is 11.7. The van der Waals surface area contributed by atoms with Crippen molar-refractivity contribution in [2.75, 3.05) is 13.1 Å². The lowest BCUT2D eigenvalue weighted by Crippen LogP contribution is -2.37. The van der Waals surface area contributed by atoms with Gasteiger partial charge >= 0.3 is 0 Å². The van der Waals surface area contributed by atoms with Gasteiger partial charge in [0.2, 0.25) is 5.91 Å². The Labute approximate surface area is 117 Å². The number of amides is 1. The van der Waals surface area contributed by atoms with Crippen LogP contribution >= 0.6 is 12.4 Å². The maximum absolute atomic E-state index is 11.7. The van der Waals surface area contributed by atoms with Crippen molar-refractivity contribution in [3.63, 3.8) is 0 Å². The van der Waals surface area contributed by atoms with Crippen molar-refractivity contribution in [3.8, 4) is 0 Å². The van der Waals surface area contributed by atoms with Gasteiger partial charge in [-0.25, -0.2) is 0 Å². The fourth-order valence-corrected chi connectivity index (χ4v) is 3.07. The molecule has 0 spiro atoms. The molecule has 0 aromatic rings. The van der Waals surface area contributed by atoms with E-state index in [0.717, 1.165) is 31.8 Å². The van der Waals surface area contributed by atoms with E-state index >= 15 is 0 Å². The van der Waals surface area contributed by atoms with Crippen LogP contribution in [0.2, 0.25) is 0 Å². The number of rotatable bonds is 5. The Bertz CT molecular complexity index is 236. The monoisotopic (exact) mass is 274 g/mol. The molecule has 1 saturated heterocycles. The van der Waals surface area contributed by atoms with Gasteiger partial charge in [-0.2, -0.15) is 0 Å². The predicted octanol–water partition coefficient (Wildman–Crippen LogP) is 2.64. The predicted molar refractivity (Wildman–Crippen MR) is 77.1 cm³/mol. The first-order valence-corrected chi connectivity index (χ1v) is 7.34. The van der Waals surface area contributed by atoms with E-state index in [-0.39, 0.29) is 18.3 Å². The van der Waals surface area contributed by atoms with Crippen LogP contribution in [0.5, 0.6) is 0 Å². The van der Waals surface area contributed by atoms with Gasteiger partial charge in [-0.15, -0.1) is 12.4 Å². The Balaban J connectivity index is 0.00000162. The van der Waals surface area contributed by atoms with E-state index in [1.807, 2.05) is 0 Å². The topological polar surface area (TPSA) is 41.1 Å². The zero-order valence-corrected chi connectivity index (χ0v) is 12.1. The molecule has 0 radical (unpaired) electrons. The van der Waals surface area contributed by atoms with Gasteiger partial charge in [0.05, 0.1) is 0 Å². The number of halogens is 1. The molecule has 2 rings (SSSR count). The first-order valence-electron chi connectivity index (χ1n) is 7.34. The summed E-state index contributed by atoms with van der Waals surface area (Å²) in [6.07, 6.45) is 11.1. The molecular weight excluding hydrogens is 248 g/mol. The van der Waals surface area contributed by atoms with Gasteiger partial charge in [-0.05, 0) is 31.7 Å². The van der Waals surface area contributed by atoms with Crippen molar-refractivity contribution in [3.05, 3.63) is 0 Å². The van der Waals surface area contributed by atoms with Crippen molar-refractivity contribution < 1.29 is 4.79 Å². The highest BCUT2D eigenvalue weighted by molar-refractivity contribution is 5.85. The summed E-state index contributed by atoms with van der Waals surface area (Å²) in [5, 5.41) is 6.47. The number of hydrogen-bond donors (Lipinski definition) is 2. The molecule has 4 heteroatoms. The molecule has 1 amide bonds. The van der Waals surface area contributed by atoms with Crippen molar-refractivity contribution in [2.24, 2.45) is 5.92 Å². The molecule has 1 aliphatic heterocycles. The van der Waals surface area contributed by atoms with E-state index in [1.54, 1.807) is 0 Å². The summed E-state index contributed by atoms with van der Waals surface area (Å²) < 4.78 is 0. The maximum Gasteiger partial charge on any atom is 0.220 e. The lowest BCUT2D eigenvalue weighted by molar-refractivity contribution is -0.121. The third-order valence-electron chi connectivity index (χ3n) is 4.21. The zero-order valence-electron chi connectivity index (χ0n) is 11.2. The van der Waals surface area contributed by atoms with Crippen molar-refractivity contribution in [1.82, 2.24) is 10.6 Å².